The lowest BCUT2D eigenvalue weighted by atomic mass is 10.2. The molecule has 0 aliphatic heterocycles. The number of nitrogens with zero attached hydrogens (tertiary/aromatic N) is 3. The molecule has 0 aliphatic carbocycles. The van der Waals surface area contributed by atoms with Crippen molar-refractivity contribution in [3.05, 3.63) is 35.2 Å². The fourth-order valence-electron chi connectivity index (χ4n) is 1.46. The first-order valence-electron chi connectivity index (χ1n) is 5.12. The molecular formula is C11H13ClN4O. The minimum atomic E-state index is 0.641. The molecule has 6 heteroatoms. The summed E-state index contributed by atoms with van der Waals surface area (Å²) in [6.07, 6.45) is 5.02. The van der Waals surface area contributed by atoms with E-state index >= 15 is 0 Å². The summed E-state index contributed by atoms with van der Waals surface area (Å²) in [6.45, 7) is 0.687. The van der Waals surface area contributed by atoms with E-state index in [0.29, 0.717) is 23.1 Å². The van der Waals surface area contributed by atoms with Gasteiger partial charge < -0.3 is 10.1 Å². The maximum Gasteiger partial charge on any atom is 0.157 e. The van der Waals surface area contributed by atoms with Crippen molar-refractivity contribution in [3.63, 3.8) is 0 Å². The average Bonchev–Trinajstić information content (AvgIpc) is 2.81. The maximum atomic E-state index is 6.04. The predicted octanol–water partition coefficient (Wildman–Crippen LogP) is 1.65. The van der Waals surface area contributed by atoms with Crippen molar-refractivity contribution in [1.82, 2.24) is 20.1 Å². The first-order chi connectivity index (χ1) is 8.24. The number of pyridine rings is 1. The van der Waals surface area contributed by atoms with Crippen molar-refractivity contribution in [2.24, 2.45) is 0 Å². The summed E-state index contributed by atoms with van der Waals surface area (Å²) >= 11 is 6.04. The van der Waals surface area contributed by atoms with Gasteiger partial charge in [-0.3, -0.25) is 0 Å². The number of rotatable bonds is 4. The molecule has 0 unspecified atom stereocenters. The average molecular weight is 253 g/mol. The molecule has 2 aromatic heterocycles. The van der Waals surface area contributed by atoms with Gasteiger partial charge in [0.15, 0.2) is 11.6 Å². The van der Waals surface area contributed by atoms with E-state index in [0.717, 1.165) is 5.56 Å². The molecule has 0 spiro atoms. The molecule has 1 N–H and O–H groups in total. The van der Waals surface area contributed by atoms with Crippen molar-refractivity contribution in [2.45, 2.75) is 6.54 Å². The topological polar surface area (TPSA) is 52.0 Å². The highest BCUT2D eigenvalue weighted by Gasteiger charge is 2.06. The molecule has 0 radical (unpaired) electrons. The van der Waals surface area contributed by atoms with Crippen LogP contribution in [0.1, 0.15) is 5.56 Å². The third kappa shape index (κ3) is 2.57. The van der Waals surface area contributed by atoms with E-state index < -0.39 is 0 Å². The van der Waals surface area contributed by atoms with Crippen LogP contribution in [0.5, 0.6) is 5.75 Å². The molecule has 2 rings (SSSR count). The Labute approximate surface area is 104 Å². The first kappa shape index (κ1) is 11.9. The Balaban J connectivity index is 2.35. The fraction of sp³-hybridized carbons (Fsp3) is 0.273. The van der Waals surface area contributed by atoms with E-state index in [1.165, 1.54) is 0 Å². The SMILES string of the molecule is CNCc1cc(-n2cc(OC)cn2)ncc1Cl. The number of hydrogen-bond donors (Lipinski definition) is 1. The largest absolute Gasteiger partial charge is 0.493 e. The molecule has 2 aromatic rings. The maximum absolute atomic E-state index is 6.04. The Morgan fingerprint density at radius 3 is 2.94 bits per heavy atom. The Bertz CT molecular complexity index is 512. The zero-order valence-corrected chi connectivity index (χ0v) is 10.4. The number of halogens is 1. The van der Waals surface area contributed by atoms with Crippen LogP contribution in [0.25, 0.3) is 5.82 Å². The second-order valence-electron chi connectivity index (χ2n) is 3.49. The van der Waals surface area contributed by atoms with E-state index in [9.17, 15) is 0 Å². The van der Waals surface area contributed by atoms with Gasteiger partial charge in [-0.2, -0.15) is 5.10 Å². The normalized spacial score (nSPS) is 10.5. The third-order valence-electron chi connectivity index (χ3n) is 2.32. The van der Waals surface area contributed by atoms with E-state index in [1.807, 2.05) is 13.1 Å². The van der Waals surface area contributed by atoms with Crippen LogP contribution >= 0.6 is 11.6 Å². The minimum absolute atomic E-state index is 0.641. The highest BCUT2D eigenvalue weighted by Crippen LogP contribution is 2.18. The summed E-state index contributed by atoms with van der Waals surface area (Å²) in [5.41, 5.74) is 0.980. The van der Waals surface area contributed by atoms with E-state index in [1.54, 1.807) is 30.4 Å². The Morgan fingerprint density at radius 1 is 1.47 bits per heavy atom. The van der Waals surface area contributed by atoms with Crippen LogP contribution in [0.3, 0.4) is 0 Å². The Kier molecular flexibility index (Phi) is 3.61. The van der Waals surface area contributed by atoms with Gasteiger partial charge in [0.2, 0.25) is 0 Å². The summed E-state index contributed by atoms with van der Waals surface area (Å²) in [5.74, 6) is 1.40. The molecule has 2 heterocycles. The zero-order valence-electron chi connectivity index (χ0n) is 9.64. The molecule has 0 aliphatic rings. The third-order valence-corrected chi connectivity index (χ3v) is 2.66. The standard InChI is InChI=1S/C11H13ClN4O/c1-13-4-8-3-11(14-6-10(8)12)16-7-9(17-2)5-15-16/h3,5-7,13H,4H2,1-2H3. The van der Waals surface area contributed by atoms with Gasteiger partial charge in [-0.05, 0) is 18.7 Å². The first-order valence-corrected chi connectivity index (χ1v) is 5.50. The zero-order chi connectivity index (χ0) is 12.3. The summed E-state index contributed by atoms with van der Waals surface area (Å²) in [6, 6.07) is 1.89. The molecule has 0 fully saturated rings. The molecule has 0 aromatic carbocycles. The molecule has 0 saturated heterocycles. The lowest BCUT2D eigenvalue weighted by Gasteiger charge is -2.06. The van der Waals surface area contributed by atoms with Crippen LogP contribution in [-0.4, -0.2) is 28.9 Å². The number of methoxy groups -OCH3 is 1. The highest BCUT2D eigenvalue weighted by molar-refractivity contribution is 6.31. The minimum Gasteiger partial charge on any atom is -0.493 e. The molecule has 90 valence electrons. The van der Waals surface area contributed by atoms with Gasteiger partial charge in [0, 0.05) is 12.7 Å². The number of aromatic nitrogens is 3. The molecule has 5 nitrogen and oxygen atoms in total. The van der Waals surface area contributed by atoms with Gasteiger partial charge in [0.25, 0.3) is 0 Å². The molecular weight excluding hydrogens is 240 g/mol. The molecule has 0 atom stereocenters. The van der Waals surface area contributed by atoms with Crippen molar-refractivity contribution >= 4 is 11.6 Å². The fourth-order valence-corrected chi connectivity index (χ4v) is 1.63. The quantitative estimate of drug-likeness (QED) is 0.899. The van der Waals surface area contributed by atoms with Crippen LogP contribution < -0.4 is 10.1 Å². The van der Waals surface area contributed by atoms with Gasteiger partial charge in [0.05, 0.1) is 24.5 Å². The van der Waals surface area contributed by atoms with Crippen molar-refractivity contribution < 1.29 is 4.74 Å². The van der Waals surface area contributed by atoms with E-state index in [-0.39, 0.29) is 0 Å². The van der Waals surface area contributed by atoms with Gasteiger partial charge in [-0.15, -0.1) is 0 Å². The number of hydrogen-bond acceptors (Lipinski definition) is 4. The summed E-state index contributed by atoms with van der Waals surface area (Å²) in [4.78, 5) is 4.22. The number of nitrogens with one attached hydrogen (secondary N) is 1. The summed E-state index contributed by atoms with van der Waals surface area (Å²) in [5, 5.41) is 7.85. The molecule has 17 heavy (non-hydrogen) atoms. The van der Waals surface area contributed by atoms with Crippen molar-refractivity contribution in [1.29, 1.82) is 0 Å². The second kappa shape index (κ2) is 5.16. The van der Waals surface area contributed by atoms with Gasteiger partial charge in [0.1, 0.15) is 0 Å². The predicted molar refractivity (Wildman–Crippen MR) is 65.7 cm³/mol. The second-order valence-corrected chi connectivity index (χ2v) is 3.90. The lowest BCUT2D eigenvalue weighted by molar-refractivity contribution is 0.414. The van der Waals surface area contributed by atoms with Crippen LogP contribution in [0, 0.1) is 0 Å². The molecule has 0 bridgehead atoms. The molecule has 0 saturated carbocycles. The van der Waals surface area contributed by atoms with Crippen LogP contribution in [-0.2, 0) is 6.54 Å². The van der Waals surface area contributed by atoms with Gasteiger partial charge in [-0.1, -0.05) is 11.6 Å². The van der Waals surface area contributed by atoms with Gasteiger partial charge in [-0.25, -0.2) is 9.67 Å². The number of ether oxygens (including phenoxy) is 1. The highest BCUT2D eigenvalue weighted by atomic mass is 35.5. The van der Waals surface area contributed by atoms with Crippen LogP contribution in [0.15, 0.2) is 24.7 Å². The van der Waals surface area contributed by atoms with Gasteiger partial charge >= 0.3 is 0 Å². The lowest BCUT2D eigenvalue weighted by Crippen LogP contribution is -2.07. The van der Waals surface area contributed by atoms with Crippen LogP contribution in [0.2, 0.25) is 5.02 Å². The van der Waals surface area contributed by atoms with Crippen LogP contribution in [0.4, 0.5) is 0 Å². The van der Waals surface area contributed by atoms with Crippen molar-refractivity contribution in [3.8, 4) is 11.6 Å². The molecule has 0 amide bonds. The smallest absolute Gasteiger partial charge is 0.157 e. The monoisotopic (exact) mass is 252 g/mol. The van der Waals surface area contributed by atoms with E-state index in [2.05, 4.69) is 15.4 Å². The Morgan fingerprint density at radius 2 is 2.29 bits per heavy atom. The summed E-state index contributed by atoms with van der Waals surface area (Å²) < 4.78 is 6.72. The summed E-state index contributed by atoms with van der Waals surface area (Å²) in [7, 11) is 3.47. The Hall–Kier alpha value is -1.59. The van der Waals surface area contributed by atoms with E-state index in [4.69, 9.17) is 16.3 Å². The van der Waals surface area contributed by atoms with Crippen molar-refractivity contribution in [2.75, 3.05) is 14.2 Å².